The first-order valence-electron chi connectivity index (χ1n) is 10.8. The normalized spacial score (nSPS) is 17.8. The molecule has 0 saturated carbocycles. The summed E-state index contributed by atoms with van der Waals surface area (Å²) in [5, 5.41) is 7.42. The summed E-state index contributed by atoms with van der Waals surface area (Å²) in [5.41, 5.74) is 2.09. The zero-order valence-electron chi connectivity index (χ0n) is 17.8. The van der Waals surface area contributed by atoms with E-state index in [1.165, 1.54) is 23.1 Å². The largest absolute Gasteiger partial charge is 0.490 e. The van der Waals surface area contributed by atoms with Gasteiger partial charge in [0.25, 0.3) is 0 Å². The Kier molecular flexibility index (Phi) is 5.75. The molecule has 0 atom stereocenters. The monoisotopic (exact) mass is 443 g/mol. The summed E-state index contributed by atoms with van der Waals surface area (Å²) >= 11 is 0. The number of aryl methyl sites for hydroxylation is 1. The van der Waals surface area contributed by atoms with Crippen LogP contribution < -0.4 is 10.1 Å². The maximum absolute atomic E-state index is 13.5. The van der Waals surface area contributed by atoms with Gasteiger partial charge in [0.15, 0.2) is 0 Å². The zero-order valence-corrected chi connectivity index (χ0v) is 17.8. The third kappa shape index (κ3) is 4.73. The van der Waals surface area contributed by atoms with Gasteiger partial charge in [0.05, 0.1) is 24.9 Å². The molecule has 0 aliphatic carbocycles. The second kappa shape index (κ2) is 8.84. The average Bonchev–Trinajstić information content (AvgIpc) is 3.15. The Morgan fingerprint density at radius 3 is 2.50 bits per heavy atom. The lowest BCUT2D eigenvalue weighted by molar-refractivity contribution is -0.0778. The molecule has 2 aliphatic heterocycles. The summed E-state index contributed by atoms with van der Waals surface area (Å²) in [6.07, 6.45) is 3.57. The van der Waals surface area contributed by atoms with Crippen LogP contribution in [0, 0.1) is 18.6 Å². The van der Waals surface area contributed by atoms with E-state index in [9.17, 15) is 8.78 Å². The van der Waals surface area contributed by atoms with E-state index in [1.54, 1.807) is 0 Å². The van der Waals surface area contributed by atoms with Gasteiger partial charge < -0.3 is 14.8 Å². The summed E-state index contributed by atoms with van der Waals surface area (Å²) in [4.78, 5) is 6.69. The number of piperidine rings is 1. The van der Waals surface area contributed by atoms with Gasteiger partial charge in [-0.25, -0.2) is 13.5 Å². The second-order valence-electron chi connectivity index (χ2n) is 8.34. The topological polar surface area (TPSA) is 64.4 Å². The number of aromatic nitrogens is 3. The Balaban J connectivity index is 0.00000259. The lowest BCUT2D eigenvalue weighted by Crippen LogP contribution is -2.52. The molecule has 1 N–H and O–H groups in total. The van der Waals surface area contributed by atoms with E-state index in [0.29, 0.717) is 12.0 Å². The molecule has 170 valence electrons. The molecular weight excluding hydrogens is 416 g/mol. The number of anilines is 2. The molecule has 5 rings (SSSR count). The quantitative estimate of drug-likeness (QED) is 0.619. The molecule has 0 spiro atoms. The van der Waals surface area contributed by atoms with Crippen LogP contribution in [-0.4, -0.2) is 58.1 Å². The first-order valence-corrected chi connectivity index (χ1v) is 10.8. The van der Waals surface area contributed by atoms with Crippen molar-refractivity contribution in [2.45, 2.75) is 31.9 Å². The van der Waals surface area contributed by atoms with Crippen LogP contribution in [0.1, 0.15) is 19.8 Å². The summed E-state index contributed by atoms with van der Waals surface area (Å²) in [7, 11) is 0. The second-order valence-corrected chi connectivity index (χ2v) is 8.34. The lowest BCUT2D eigenvalue weighted by atomic mass is 10.0. The summed E-state index contributed by atoms with van der Waals surface area (Å²) < 4.78 is 39.9. The van der Waals surface area contributed by atoms with Gasteiger partial charge in [0, 0.05) is 32.3 Å². The molecule has 0 unspecified atom stereocenters. The van der Waals surface area contributed by atoms with Crippen molar-refractivity contribution in [3.8, 4) is 11.4 Å². The molecule has 3 aromatic rings. The van der Waals surface area contributed by atoms with Crippen molar-refractivity contribution >= 4 is 11.6 Å². The standard InChI is InChI=1S/C23H25F2N5O2.H2/c1-15-6-18(27-23-26-14-30(28-23)19-9-16(24)8-17(25)10-19)11-22(7-15)32-21-2-4-29(5-3-21)20-12-31-13-20;/h6-11,14,20-21H,2-5,12-13H2,1H3,(H,27,28);1H. The van der Waals surface area contributed by atoms with Crippen LogP contribution in [0.2, 0.25) is 0 Å². The molecule has 2 saturated heterocycles. The van der Waals surface area contributed by atoms with E-state index >= 15 is 0 Å². The first kappa shape index (κ1) is 20.8. The zero-order chi connectivity index (χ0) is 22.1. The Labute approximate surface area is 186 Å². The molecule has 2 aliphatic rings. The van der Waals surface area contributed by atoms with E-state index in [-0.39, 0.29) is 13.2 Å². The van der Waals surface area contributed by atoms with Gasteiger partial charge in [0.2, 0.25) is 5.95 Å². The van der Waals surface area contributed by atoms with Crippen molar-refractivity contribution in [1.82, 2.24) is 19.7 Å². The fourth-order valence-corrected chi connectivity index (χ4v) is 4.12. The number of rotatable bonds is 6. The minimum absolute atomic E-state index is 0. The number of hydrogen-bond donors (Lipinski definition) is 1. The van der Waals surface area contributed by atoms with Gasteiger partial charge in [-0.05, 0) is 49.6 Å². The Morgan fingerprint density at radius 1 is 1.06 bits per heavy atom. The predicted octanol–water partition coefficient (Wildman–Crippen LogP) is 4.09. The van der Waals surface area contributed by atoms with Gasteiger partial charge in [-0.1, -0.05) is 0 Å². The van der Waals surface area contributed by atoms with E-state index in [2.05, 4.69) is 20.3 Å². The molecule has 32 heavy (non-hydrogen) atoms. The van der Waals surface area contributed by atoms with Crippen LogP contribution in [0.15, 0.2) is 42.7 Å². The first-order chi connectivity index (χ1) is 15.5. The number of ether oxygens (including phenoxy) is 2. The number of nitrogens with zero attached hydrogens (tertiary/aromatic N) is 4. The lowest BCUT2D eigenvalue weighted by Gasteiger charge is -2.41. The number of benzene rings is 2. The van der Waals surface area contributed by atoms with E-state index in [1.807, 2.05) is 25.1 Å². The molecule has 0 amide bonds. The number of likely N-dealkylation sites (tertiary alicyclic amines) is 1. The Morgan fingerprint density at radius 2 is 1.81 bits per heavy atom. The SMILES string of the molecule is Cc1cc(Nc2ncn(-c3cc(F)cc(F)c3)n2)cc(OC2CCN(C3COC3)CC2)c1.[HH]. The van der Waals surface area contributed by atoms with Crippen molar-refractivity contribution in [2.75, 3.05) is 31.6 Å². The van der Waals surface area contributed by atoms with Crippen LogP contribution in [-0.2, 0) is 4.74 Å². The highest BCUT2D eigenvalue weighted by molar-refractivity contribution is 5.57. The van der Waals surface area contributed by atoms with Crippen molar-refractivity contribution < 1.29 is 19.7 Å². The van der Waals surface area contributed by atoms with E-state index < -0.39 is 11.6 Å². The minimum atomic E-state index is -0.669. The Hall–Kier alpha value is -3.04. The van der Waals surface area contributed by atoms with Crippen LogP contribution in [0.5, 0.6) is 5.75 Å². The summed E-state index contributed by atoms with van der Waals surface area (Å²) in [6, 6.07) is 9.68. The maximum Gasteiger partial charge on any atom is 0.246 e. The van der Waals surface area contributed by atoms with Gasteiger partial charge >= 0.3 is 0 Å². The predicted molar refractivity (Wildman–Crippen MR) is 118 cm³/mol. The molecule has 7 nitrogen and oxygen atoms in total. The molecular formula is C23H27F2N5O2. The molecule has 1 aromatic heterocycles. The summed E-state index contributed by atoms with van der Waals surface area (Å²) in [5.74, 6) is -0.221. The average molecular weight is 443 g/mol. The molecule has 0 radical (unpaired) electrons. The molecule has 9 heteroatoms. The van der Waals surface area contributed by atoms with Crippen LogP contribution in [0.25, 0.3) is 5.69 Å². The third-order valence-electron chi connectivity index (χ3n) is 5.83. The van der Waals surface area contributed by atoms with E-state index in [0.717, 1.165) is 62.2 Å². The molecule has 2 fully saturated rings. The van der Waals surface area contributed by atoms with Crippen molar-refractivity contribution in [3.05, 3.63) is 59.9 Å². The third-order valence-corrected chi connectivity index (χ3v) is 5.83. The molecule has 2 aromatic carbocycles. The van der Waals surface area contributed by atoms with Crippen molar-refractivity contribution in [3.63, 3.8) is 0 Å². The van der Waals surface area contributed by atoms with Crippen LogP contribution >= 0.6 is 0 Å². The number of halogens is 2. The summed E-state index contributed by atoms with van der Waals surface area (Å²) in [6.45, 7) is 5.74. The highest BCUT2D eigenvalue weighted by atomic mass is 19.1. The minimum Gasteiger partial charge on any atom is -0.490 e. The highest BCUT2D eigenvalue weighted by Gasteiger charge is 2.30. The van der Waals surface area contributed by atoms with Crippen molar-refractivity contribution in [2.24, 2.45) is 0 Å². The van der Waals surface area contributed by atoms with Gasteiger partial charge in [-0.3, -0.25) is 4.90 Å². The fourth-order valence-electron chi connectivity index (χ4n) is 4.12. The highest BCUT2D eigenvalue weighted by Crippen LogP contribution is 2.27. The Bertz CT molecular complexity index is 1080. The van der Waals surface area contributed by atoms with Crippen molar-refractivity contribution in [1.29, 1.82) is 0 Å². The van der Waals surface area contributed by atoms with Gasteiger partial charge in [0.1, 0.15) is 29.8 Å². The number of nitrogens with one attached hydrogen (secondary N) is 1. The van der Waals surface area contributed by atoms with Crippen LogP contribution in [0.3, 0.4) is 0 Å². The fraction of sp³-hybridized carbons (Fsp3) is 0.391. The number of hydrogen-bond acceptors (Lipinski definition) is 6. The van der Waals surface area contributed by atoms with Crippen LogP contribution in [0.4, 0.5) is 20.4 Å². The molecule has 0 bridgehead atoms. The molecule has 3 heterocycles. The van der Waals surface area contributed by atoms with E-state index in [4.69, 9.17) is 9.47 Å². The van der Waals surface area contributed by atoms with Gasteiger partial charge in [-0.2, -0.15) is 4.98 Å². The maximum atomic E-state index is 13.5. The van der Waals surface area contributed by atoms with Gasteiger partial charge in [-0.15, -0.1) is 5.10 Å². The smallest absolute Gasteiger partial charge is 0.246 e.